The molecule has 17 heavy (non-hydrogen) atoms. The second-order valence-electron chi connectivity index (χ2n) is 4.18. The Labute approximate surface area is 104 Å². The number of unbranched alkanes of at least 4 members (excludes halogenated alkanes) is 2. The molecule has 0 unspecified atom stereocenters. The van der Waals surface area contributed by atoms with Crippen molar-refractivity contribution in [3.05, 3.63) is 11.9 Å². The Balaban J connectivity index is 3.84. The molecular weight excluding hydrogens is 216 g/mol. The predicted octanol–water partition coefficient (Wildman–Crippen LogP) is 1.07. The summed E-state index contributed by atoms with van der Waals surface area (Å²) in [6, 6.07) is 0. The lowest BCUT2D eigenvalue weighted by Gasteiger charge is -2.14. The van der Waals surface area contributed by atoms with Crippen LogP contribution in [0.3, 0.4) is 0 Å². The lowest BCUT2D eigenvalue weighted by atomic mass is 10.2. The lowest BCUT2D eigenvalue weighted by Crippen LogP contribution is -2.38. The molecule has 0 fully saturated rings. The van der Waals surface area contributed by atoms with Gasteiger partial charge in [0.05, 0.1) is 0 Å². The van der Waals surface area contributed by atoms with Gasteiger partial charge in [-0.1, -0.05) is 26.7 Å². The Hall–Kier alpha value is -1.23. The van der Waals surface area contributed by atoms with E-state index in [4.69, 9.17) is 11.6 Å². The Morgan fingerprint density at radius 3 is 2.59 bits per heavy atom. The predicted molar refractivity (Wildman–Crippen MR) is 70.6 cm³/mol. The molecule has 1 amide bonds. The van der Waals surface area contributed by atoms with Crippen LogP contribution in [-0.2, 0) is 4.79 Å². The molecule has 0 aromatic rings. The van der Waals surface area contributed by atoms with Crippen LogP contribution < -0.4 is 16.9 Å². The van der Waals surface area contributed by atoms with Gasteiger partial charge in [-0.15, -0.1) is 0 Å². The van der Waals surface area contributed by atoms with Crippen LogP contribution in [0.5, 0.6) is 0 Å². The van der Waals surface area contributed by atoms with Gasteiger partial charge in [-0.25, -0.2) is 5.84 Å². The average molecular weight is 242 g/mol. The van der Waals surface area contributed by atoms with Crippen LogP contribution in [-0.4, -0.2) is 24.0 Å². The summed E-state index contributed by atoms with van der Waals surface area (Å²) < 4.78 is 0. The minimum absolute atomic E-state index is 0.0769. The molecule has 0 saturated carbocycles. The summed E-state index contributed by atoms with van der Waals surface area (Å²) in [5.74, 6) is 5.59. The zero-order valence-electron chi connectivity index (χ0n) is 11.0. The van der Waals surface area contributed by atoms with Crippen LogP contribution in [0.25, 0.3) is 0 Å². The minimum atomic E-state index is -0.0769. The van der Waals surface area contributed by atoms with E-state index < -0.39 is 0 Å². The third-order valence-electron chi connectivity index (χ3n) is 2.30. The number of nitrogens with zero attached hydrogens (tertiary/aromatic N) is 1. The second kappa shape index (κ2) is 9.96. The van der Waals surface area contributed by atoms with Crippen molar-refractivity contribution < 1.29 is 4.79 Å². The molecule has 0 bridgehead atoms. The maximum atomic E-state index is 11.4. The molecule has 0 spiro atoms. The number of hydrogen-bond donors (Lipinski definition) is 3. The first-order valence-corrected chi connectivity index (χ1v) is 6.34. The molecule has 0 aliphatic rings. The first kappa shape index (κ1) is 15.8. The summed E-state index contributed by atoms with van der Waals surface area (Å²) in [6.45, 7) is 4.98. The smallest absolute Gasteiger partial charge is 0.241 e. The summed E-state index contributed by atoms with van der Waals surface area (Å²) in [4.78, 5) is 11.4. The number of amides is 1. The molecule has 5 heteroatoms. The number of rotatable bonds is 9. The monoisotopic (exact) mass is 242 g/mol. The molecule has 0 saturated heterocycles. The summed E-state index contributed by atoms with van der Waals surface area (Å²) in [7, 11) is 0. The van der Waals surface area contributed by atoms with Gasteiger partial charge in [-0.2, -0.15) is 0 Å². The molecule has 0 rings (SSSR count). The maximum Gasteiger partial charge on any atom is 0.241 e. The highest BCUT2D eigenvalue weighted by Crippen LogP contribution is 2.04. The van der Waals surface area contributed by atoms with Gasteiger partial charge >= 0.3 is 0 Å². The topological polar surface area (TPSA) is 84.4 Å². The number of nitrogens with one attached hydrogen (secondary N) is 1. The molecule has 100 valence electrons. The van der Waals surface area contributed by atoms with Crippen LogP contribution in [0.4, 0.5) is 0 Å². The van der Waals surface area contributed by atoms with E-state index in [1.54, 1.807) is 6.20 Å². The molecule has 0 aliphatic carbocycles. The zero-order chi connectivity index (χ0) is 13.1. The largest absolute Gasteiger partial charge is 0.401 e. The van der Waals surface area contributed by atoms with Gasteiger partial charge in [-0.05, 0) is 19.3 Å². The zero-order valence-corrected chi connectivity index (χ0v) is 11.0. The van der Waals surface area contributed by atoms with E-state index in [-0.39, 0.29) is 12.5 Å². The standard InChI is InChI=1S/C12H26N4O/c1-3-5-6-7-11(13)9-16(14)10-12(17)15-8-4-2/h9H,3-8,10,13-14H2,1-2H3,(H,15,17)/b11-9-. The Kier molecular flexibility index (Phi) is 9.24. The summed E-state index contributed by atoms with van der Waals surface area (Å²) >= 11 is 0. The highest BCUT2D eigenvalue weighted by molar-refractivity contribution is 5.78. The fourth-order valence-corrected chi connectivity index (χ4v) is 1.39. The Bertz CT molecular complexity index is 241. The van der Waals surface area contributed by atoms with Gasteiger partial charge in [-0.3, -0.25) is 4.79 Å². The van der Waals surface area contributed by atoms with Crippen LogP contribution >= 0.6 is 0 Å². The molecule has 0 heterocycles. The number of carbonyl (C=O) groups excluding carboxylic acids is 1. The van der Waals surface area contributed by atoms with Crippen molar-refractivity contribution in [3.63, 3.8) is 0 Å². The van der Waals surface area contributed by atoms with E-state index in [2.05, 4.69) is 12.2 Å². The molecule has 0 atom stereocenters. The third kappa shape index (κ3) is 9.68. The number of nitrogens with two attached hydrogens (primary N) is 2. The normalized spacial score (nSPS) is 11.4. The molecule has 0 aromatic heterocycles. The van der Waals surface area contributed by atoms with Crippen molar-refractivity contribution in [2.75, 3.05) is 13.1 Å². The van der Waals surface area contributed by atoms with Crippen molar-refractivity contribution in [2.45, 2.75) is 46.0 Å². The van der Waals surface area contributed by atoms with E-state index in [1.807, 2.05) is 6.92 Å². The maximum absolute atomic E-state index is 11.4. The van der Waals surface area contributed by atoms with Crippen LogP contribution in [0.2, 0.25) is 0 Å². The number of allylic oxidation sites excluding steroid dienone is 1. The van der Waals surface area contributed by atoms with Crippen LogP contribution in [0.1, 0.15) is 46.0 Å². The second-order valence-corrected chi connectivity index (χ2v) is 4.18. The average Bonchev–Trinajstić information content (AvgIpc) is 2.26. The van der Waals surface area contributed by atoms with Gasteiger partial charge in [0.2, 0.25) is 5.91 Å². The fourth-order valence-electron chi connectivity index (χ4n) is 1.39. The van der Waals surface area contributed by atoms with Crippen LogP contribution in [0.15, 0.2) is 11.9 Å². The molecule has 0 aliphatic heterocycles. The summed E-state index contributed by atoms with van der Waals surface area (Å²) in [5, 5.41) is 4.10. The Morgan fingerprint density at radius 1 is 1.29 bits per heavy atom. The molecule has 5 nitrogen and oxygen atoms in total. The van der Waals surface area contributed by atoms with Gasteiger partial charge < -0.3 is 16.1 Å². The third-order valence-corrected chi connectivity index (χ3v) is 2.30. The fraction of sp³-hybridized carbons (Fsp3) is 0.750. The van der Waals surface area contributed by atoms with E-state index in [1.165, 1.54) is 11.4 Å². The quantitative estimate of drug-likeness (QED) is 0.321. The number of carbonyl (C=O) groups is 1. The van der Waals surface area contributed by atoms with E-state index in [0.717, 1.165) is 31.4 Å². The number of hydrogen-bond acceptors (Lipinski definition) is 4. The van der Waals surface area contributed by atoms with Crippen molar-refractivity contribution in [1.29, 1.82) is 0 Å². The van der Waals surface area contributed by atoms with Crippen LogP contribution in [0, 0.1) is 0 Å². The Morgan fingerprint density at radius 2 is 2.00 bits per heavy atom. The lowest BCUT2D eigenvalue weighted by molar-refractivity contribution is -0.121. The van der Waals surface area contributed by atoms with Crippen molar-refractivity contribution in [2.24, 2.45) is 11.6 Å². The first-order chi connectivity index (χ1) is 8.10. The minimum Gasteiger partial charge on any atom is -0.401 e. The van der Waals surface area contributed by atoms with Crippen molar-refractivity contribution in [3.8, 4) is 0 Å². The highest BCUT2D eigenvalue weighted by Gasteiger charge is 2.03. The van der Waals surface area contributed by atoms with E-state index in [9.17, 15) is 4.79 Å². The van der Waals surface area contributed by atoms with E-state index in [0.29, 0.717) is 6.54 Å². The molecule has 5 N–H and O–H groups in total. The SMILES string of the molecule is CCCCC/C(N)=C/N(N)CC(=O)NCCC. The highest BCUT2D eigenvalue weighted by atomic mass is 16.2. The molecule has 0 radical (unpaired) electrons. The van der Waals surface area contributed by atoms with Crippen molar-refractivity contribution >= 4 is 5.91 Å². The molecule has 0 aromatic carbocycles. The number of hydrazine groups is 1. The van der Waals surface area contributed by atoms with Gasteiger partial charge in [0.1, 0.15) is 6.54 Å². The summed E-state index contributed by atoms with van der Waals surface area (Å²) in [5.41, 5.74) is 6.53. The first-order valence-electron chi connectivity index (χ1n) is 6.34. The van der Waals surface area contributed by atoms with Crippen molar-refractivity contribution in [1.82, 2.24) is 10.3 Å². The molecular formula is C12H26N4O. The summed E-state index contributed by atoms with van der Waals surface area (Å²) in [6.07, 6.45) is 6.79. The van der Waals surface area contributed by atoms with E-state index >= 15 is 0 Å². The van der Waals surface area contributed by atoms with Gasteiger partial charge in [0.25, 0.3) is 0 Å². The van der Waals surface area contributed by atoms with Gasteiger partial charge in [0, 0.05) is 18.4 Å². The van der Waals surface area contributed by atoms with Gasteiger partial charge in [0.15, 0.2) is 0 Å².